The quantitative estimate of drug-likeness (QED) is 0.0665. The molecule has 0 saturated heterocycles. The summed E-state index contributed by atoms with van der Waals surface area (Å²) in [6.45, 7) is 1.12. The van der Waals surface area contributed by atoms with E-state index in [-0.39, 0.29) is 61.6 Å². The fourth-order valence-electron chi connectivity index (χ4n) is 2.70. The summed E-state index contributed by atoms with van der Waals surface area (Å²) in [6.07, 6.45) is 3.68. The predicted molar refractivity (Wildman–Crippen MR) is 160 cm³/mol. The molecule has 214 valence electrons. The van der Waals surface area contributed by atoms with E-state index in [0.717, 1.165) is 37.1 Å². The molecule has 0 amide bonds. The molecule has 0 saturated carbocycles. The van der Waals surface area contributed by atoms with Crippen LogP contribution in [0.15, 0.2) is 68.5 Å². The van der Waals surface area contributed by atoms with Crippen molar-refractivity contribution in [2.24, 2.45) is 42.9 Å². The molecule has 40 heavy (non-hydrogen) atoms. The number of benzene rings is 2. The van der Waals surface area contributed by atoms with Crippen LogP contribution in [-0.4, -0.2) is 79.6 Å². The minimum Gasteiger partial charge on any atom is -0.790 e. The first-order valence-electron chi connectivity index (χ1n) is 11.4. The topological polar surface area (TPSA) is 261 Å². The molecule has 0 atom stereocenters. The van der Waals surface area contributed by atoms with Crippen LogP contribution in [0.25, 0.3) is 0 Å². The summed E-state index contributed by atoms with van der Waals surface area (Å²) in [5.41, 5.74) is 24.8. The third-order valence-corrected chi connectivity index (χ3v) is 4.82. The zero-order valence-corrected chi connectivity index (χ0v) is 26.2. The number of aliphatic imine (C=N–C) groups is 4. The number of nitrogens with two attached hydrogens (primary N) is 4. The number of phosphoric acid groups is 1. The summed E-state index contributed by atoms with van der Waals surface area (Å²) in [6, 6.07) is 14.1. The summed E-state index contributed by atoms with van der Waals surface area (Å²) < 4.78 is 8.66. The van der Waals surface area contributed by atoms with Gasteiger partial charge in [0.1, 0.15) is 0 Å². The van der Waals surface area contributed by atoms with E-state index in [1.165, 1.54) is 0 Å². The van der Waals surface area contributed by atoms with Gasteiger partial charge in [0.25, 0.3) is 0 Å². The molecule has 0 fully saturated rings. The van der Waals surface area contributed by atoms with Crippen LogP contribution in [0, 0.1) is 0 Å². The molecule has 11 N–H and O–H groups in total. The Morgan fingerprint density at radius 1 is 0.725 bits per heavy atom. The second-order valence-corrected chi connectivity index (χ2v) is 9.43. The van der Waals surface area contributed by atoms with Crippen LogP contribution in [-0.2, 0) is 4.57 Å². The average molecular weight is 642 g/mol. The Morgan fingerprint density at radius 2 is 1.02 bits per heavy atom. The van der Waals surface area contributed by atoms with Crippen molar-refractivity contribution >= 4 is 104 Å². The standard InChI is InChI=1S/C22H30Cl2N10.Ca.H3O4P/c23-15-5-9-17(10-6-15)31-21(27)33-19(25)29-13-3-1-2-4-14-30-20(26)34-22(28)32-18-11-7-16(24)8-12-18;;1-5(2,3)4/h5-12H,1-4,13-14H2,(H5,25,27,29,31,33)(H5,26,28,30,32,34);;(H3,1,2,3,4)/q;+2;/p-2. The Labute approximate surface area is 272 Å². The SMILES string of the molecule is NC(=NCCCCCCN=C(N)/N=C(\N)Nc1ccc(Cl)cc1)/N=C(\N)Nc1ccc(Cl)cc1.O=P([O-])([O-])O.[Ca+2]. The van der Waals surface area contributed by atoms with Crippen molar-refractivity contribution in [1.29, 1.82) is 0 Å². The molecular formula is C22H31CaCl2N10O4P. The van der Waals surface area contributed by atoms with Crippen LogP contribution in [0.3, 0.4) is 0 Å². The minimum atomic E-state index is -5.14. The van der Waals surface area contributed by atoms with E-state index in [2.05, 4.69) is 30.6 Å². The zero-order valence-electron chi connectivity index (χ0n) is 21.5. The van der Waals surface area contributed by atoms with Crippen LogP contribution in [0.5, 0.6) is 0 Å². The van der Waals surface area contributed by atoms with Crippen LogP contribution < -0.4 is 43.4 Å². The van der Waals surface area contributed by atoms with Crippen LogP contribution >= 0.6 is 31.0 Å². The van der Waals surface area contributed by atoms with E-state index < -0.39 is 7.82 Å². The summed E-state index contributed by atoms with van der Waals surface area (Å²) >= 11 is 11.7. The number of nitrogens with one attached hydrogen (secondary N) is 2. The van der Waals surface area contributed by atoms with E-state index in [4.69, 9.17) is 65.4 Å². The Hall–Kier alpha value is -2.13. The Kier molecular flexibility index (Phi) is 19.6. The second-order valence-electron chi connectivity index (χ2n) is 7.62. The van der Waals surface area contributed by atoms with E-state index in [1.54, 1.807) is 48.5 Å². The monoisotopic (exact) mass is 640 g/mol. The van der Waals surface area contributed by atoms with Gasteiger partial charge in [0.2, 0.25) is 23.8 Å². The molecular weight excluding hydrogens is 610 g/mol. The number of halogens is 2. The molecule has 0 spiro atoms. The number of anilines is 2. The number of hydrogen-bond donors (Lipinski definition) is 7. The minimum absolute atomic E-state index is 0. The predicted octanol–water partition coefficient (Wildman–Crippen LogP) is 0.763. The Balaban J connectivity index is 0.00000232. The van der Waals surface area contributed by atoms with Crippen LogP contribution in [0.1, 0.15) is 25.7 Å². The summed E-state index contributed by atoms with van der Waals surface area (Å²) in [7, 11) is -5.14. The van der Waals surface area contributed by atoms with Crippen molar-refractivity contribution in [3.8, 4) is 0 Å². The van der Waals surface area contributed by atoms with E-state index in [0.29, 0.717) is 23.1 Å². The summed E-state index contributed by atoms with van der Waals surface area (Å²) in [5, 5.41) is 7.11. The first-order valence-corrected chi connectivity index (χ1v) is 13.6. The van der Waals surface area contributed by atoms with Gasteiger partial charge >= 0.3 is 37.7 Å². The maximum atomic E-state index is 8.66. The van der Waals surface area contributed by atoms with Gasteiger partial charge in [-0.25, -0.2) is 0 Å². The summed E-state index contributed by atoms with van der Waals surface area (Å²) in [5.74, 6) is 0.564. The van der Waals surface area contributed by atoms with Crippen molar-refractivity contribution in [1.82, 2.24) is 0 Å². The third kappa shape index (κ3) is 21.7. The van der Waals surface area contributed by atoms with Crippen molar-refractivity contribution in [3.05, 3.63) is 58.6 Å². The van der Waals surface area contributed by atoms with Gasteiger partial charge in [-0.05, 0) is 61.4 Å². The van der Waals surface area contributed by atoms with Crippen molar-refractivity contribution in [3.63, 3.8) is 0 Å². The van der Waals surface area contributed by atoms with Crippen LogP contribution in [0.4, 0.5) is 11.4 Å². The zero-order chi connectivity index (χ0) is 29.3. The van der Waals surface area contributed by atoms with Gasteiger partial charge in [0.15, 0.2) is 0 Å². The Bertz CT molecular complexity index is 1100. The van der Waals surface area contributed by atoms with Gasteiger partial charge in [-0.3, -0.25) is 9.98 Å². The molecule has 0 aromatic heterocycles. The molecule has 0 aliphatic heterocycles. The molecule has 0 radical (unpaired) electrons. The molecule has 0 unspecified atom stereocenters. The number of guanidine groups is 4. The van der Waals surface area contributed by atoms with Gasteiger partial charge in [-0.1, -0.05) is 36.0 Å². The molecule has 2 aromatic carbocycles. The van der Waals surface area contributed by atoms with Crippen molar-refractivity contribution in [2.45, 2.75) is 25.7 Å². The molecule has 0 bridgehead atoms. The van der Waals surface area contributed by atoms with Gasteiger partial charge < -0.3 is 52.8 Å². The molecule has 2 aromatic rings. The van der Waals surface area contributed by atoms with Crippen molar-refractivity contribution < 1.29 is 19.2 Å². The maximum absolute atomic E-state index is 8.66. The van der Waals surface area contributed by atoms with Gasteiger partial charge in [-0.2, -0.15) is 9.98 Å². The maximum Gasteiger partial charge on any atom is 2.00 e. The normalized spacial score (nSPS) is 12.6. The molecule has 2 rings (SSSR count). The van der Waals surface area contributed by atoms with Gasteiger partial charge in [0, 0.05) is 34.5 Å². The number of rotatable bonds is 9. The first-order chi connectivity index (χ1) is 18.3. The number of nitrogens with zero attached hydrogens (tertiary/aromatic N) is 4. The number of hydrogen-bond acceptors (Lipinski definition) is 5. The smallest absolute Gasteiger partial charge is 0.790 e. The van der Waals surface area contributed by atoms with Gasteiger partial charge in [0.05, 0.1) is 7.82 Å². The molecule has 0 heterocycles. The molecule has 18 heteroatoms. The van der Waals surface area contributed by atoms with Gasteiger partial charge in [-0.15, -0.1) is 0 Å². The second kappa shape index (κ2) is 20.7. The first kappa shape index (κ1) is 37.9. The van der Waals surface area contributed by atoms with E-state index >= 15 is 0 Å². The fourth-order valence-corrected chi connectivity index (χ4v) is 2.95. The largest absolute Gasteiger partial charge is 2.00 e. The van der Waals surface area contributed by atoms with E-state index in [1.807, 2.05) is 0 Å². The average Bonchev–Trinajstić information content (AvgIpc) is 2.82. The molecule has 14 nitrogen and oxygen atoms in total. The van der Waals surface area contributed by atoms with Crippen molar-refractivity contribution in [2.75, 3.05) is 23.7 Å². The number of unbranched alkanes of at least 4 members (excludes halogenated alkanes) is 3. The molecule has 0 aliphatic carbocycles. The summed E-state index contributed by atoms with van der Waals surface area (Å²) in [4.78, 5) is 40.8. The molecule has 0 aliphatic rings. The fraction of sp³-hybridized carbons (Fsp3) is 0.273. The van der Waals surface area contributed by atoms with E-state index in [9.17, 15) is 0 Å². The third-order valence-electron chi connectivity index (χ3n) is 4.32. The Morgan fingerprint density at radius 3 is 1.32 bits per heavy atom. The van der Waals surface area contributed by atoms with Crippen LogP contribution in [0.2, 0.25) is 10.0 Å².